The molecule has 1 aliphatic heterocycles. The van der Waals surface area contributed by atoms with Crippen LogP contribution in [-0.4, -0.2) is 30.6 Å². The van der Waals surface area contributed by atoms with Gasteiger partial charge in [0.25, 0.3) is 0 Å². The van der Waals surface area contributed by atoms with Crippen LogP contribution in [0.15, 0.2) is 30.3 Å². The molecular weight excluding hydrogens is 232 g/mol. The molecule has 0 spiro atoms. The van der Waals surface area contributed by atoms with Crippen LogP contribution in [0.4, 0.5) is 0 Å². The zero-order valence-electron chi connectivity index (χ0n) is 12.8. The predicted octanol–water partition coefficient (Wildman–Crippen LogP) is 3.46. The normalized spacial score (nSPS) is 23.9. The van der Waals surface area contributed by atoms with Crippen molar-refractivity contribution >= 4 is 0 Å². The molecule has 2 unspecified atom stereocenters. The Kier molecular flexibility index (Phi) is 4.64. The van der Waals surface area contributed by atoms with E-state index >= 15 is 0 Å². The molecule has 1 aromatic rings. The van der Waals surface area contributed by atoms with Crippen LogP contribution in [0.3, 0.4) is 0 Å². The molecule has 1 saturated heterocycles. The summed E-state index contributed by atoms with van der Waals surface area (Å²) in [4.78, 5) is 2.65. The fourth-order valence-corrected chi connectivity index (χ4v) is 2.76. The first-order chi connectivity index (χ1) is 8.98. The van der Waals surface area contributed by atoms with Crippen molar-refractivity contribution in [3.05, 3.63) is 35.9 Å². The Balaban J connectivity index is 2.11. The molecule has 1 N–H and O–H groups in total. The topological polar surface area (TPSA) is 15.3 Å². The fourth-order valence-electron chi connectivity index (χ4n) is 2.76. The number of hydrogen-bond donors (Lipinski definition) is 1. The lowest BCUT2D eigenvalue weighted by atomic mass is 9.86. The summed E-state index contributed by atoms with van der Waals surface area (Å²) in [5.41, 5.74) is 1.75. The second-order valence-corrected chi connectivity index (χ2v) is 6.81. The van der Waals surface area contributed by atoms with E-state index in [2.05, 4.69) is 68.2 Å². The molecule has 0 aliphatic carbocycles. The zero-order valence-corrected chi connectivity index (χ0v) is 12.8. The molecule has 0 amide bonds. The van der Waals surface area contributed by atoms with E-state index in [1.807, 2.05) is 0 Å². The minimum absolute atomic E-state index is 0.339. The Hall–Kier alpha value is -0.860. The van der Waals surface area contributed by atoms with Crippen LogP contribution in [0.5, 0.6) is 0 Å². The van der Waals surface area contributed by atoms with Crippen molar-refractivity contribution in [2.75, 3.05) is 19.6 Å². The lowest BCUT2D eigenvalue weighted by Gasteiger charge is -2.38. The highest BCUT2D eigenvalue weighted by Gasteiger charge is 2.29. The van der Waals surface area contributed by atoms with Crippen molar-refractivity contribution in [2.24, 2.45) is 5.41 Å². The Morgan fingerprint density at radius 1 is 1.21 bits per heavy atom. The van der Waals surface area contributed by atoms with Gasteiger partial charge in [-0.15, -0.1) is 0 Å². The van der Waals surface area contributed by atoms with Gasteiger partial charge in [-0.2, -0.15) is 0 Å². The van der Waals surface area contributed by atoms with Crippen LogP contribution >= 0.6 is 0 Å². The van der Waals surface area contributed by atoms with Crippen molar-refractivity contribution < 1.29 is 0 Å². The maximum atomic E-state index is 3.69. The van der Waals surface area contributed by atoms with Gasteiger partial charge < -0.3 is 5.32 Å². The van der Waals surface area contributed by atoms with E-state index in [1.165, 1.54) is 18.5 Å². The molecule has 2 atom stereocenters. The van der Waals surface area contributed by atoms with Crippen LogP contribution in [-0.2, 0) is 0 Å². The molecular formula is C17H28N2. The third-order valence-electron chi connectivity index (χ3n) is 4.43. The first-order valence-electron chi connectivity index (χ1n) is 7.51. The average Bonchev–Trinajstić information content (AvgIpc) is 2.63. The maximum absolute atomic E-state index is 3.69. The summed E-state index contributed by atoms with van der Waals surface area (Å²) in [5, 5.41) is 3.69. The fraction of sp³-hybridized carbons (Fsp3) is 0.647. The highest BCUT2D eigenvalue weighted by Crippen LogP contribution is 2.27. The summed E-state index contributed by atoms with van der Waals surface area (Å²) >= 11 is 0. The monoisotopic (exact) mass is 260 g/mol. The number of hydrogen-bond acceptors (Lipinski definition) is 2. The van der Waals surface area contributed by atoms with E-state index in [-0.39, 0.29) is 0 Å². The zero-order chi connectivity index (χ0) is 13.9. The lowest BCUT2D eigenvalue weighted by molar-refractivity contribution is 0.111. The number of nitrogens with zero attached hydrogens (tertiary/aromatic N) is 1. The van der Waals surface area contributed by atoms with E-state index in [4.69, 9.17) is 0 Å². The Morgan fingerprint density at radius 2 is 1.89 bits per heavy atom. The summed E-state index contributed by atoms with van der Waals surface area (Å²) < 4.78 is 0. The minimum Gasteiger partial charge on any atom is -0.309 e. The first kappa shape index (κ1) is 14.5. The van der Waals surface area contributed by atoms with Crippen LogP contribution in [0.25, 0.3) is 0 Å². The SMILES string of the molecule is CC(N1CCCNC(c2ccccc2)C1)C(C)(C)C. The number of benzene rings is 1. The standard InChI is InChI=1S/C17H28N2/c1-14(17(2,3)4)19-12-8-11-18-16(13-19)15-9-6-5-7-10-15/h5-7,9-10,14,16,18H,8,11-13H2,1-4H3. The molecule has 2 nitrogen and oxygen atoms in total. The van der Waals surface area contributed by atoms with Crippen molar-refractivity contribution in [3.8, 4) is 0 Å². The highest BCUT2D eigenvalue weighted by atomic mass is 15.2. The molecule has 19 heavy (non-hydrogen) atoms. The summed E-state index contributed by atoms with van der Waals surface area (Å²) in [6, 6.07) is 11.9. The van der Waals surface area contributed by atoms with E-state index < -0.39 is 0 Å². The Labute approximate surface area is 118 Å². The van der Waals surface area contributed by atoms with Crippen LogP contribution in [0.1, 0.15) is 45.7 Å². The highest BCUT2D eigenvalue weighted by molar-refractivity contribution is 5.19. The number of rotatable bonds is 2. The van der Waals surface area contributed by atoms with Gasteiger partial charge in [0, 0.05) is 18.6 Å². The molecule has 1 heterocycles. The van der Waals surface area contributed by atoms with Crippen molar-refractivity contribution in [1.82, 2.24) is 10.2 Å². The van der Waals surface area contributed by atoms with Gasteiger partial charge in [0.2, 0.25) is 0 Å². The second kappa shape index (κ2) is 6.06. The minimum atomic E-state index is 0.339. The van der Waals surface area contributed by atoms with Crippen LogP contribution in [0.2, 0.25) is 0 Å². The van der Waals surface area contributed by atoms with Gasteiger partial charge in [-0.1, -0.05) is 51.1 Å². The third-order valence-corrected chi connectivity index (χ3v) is 4.43. The van der Waals surface area contributed by atoms with E-state index in [0.717, 1.165) is 13.1 Å². The molecule has 1 aliphatic rings. The third kappa shape index (κ3) is 3.80. The van der Waals surface area contributed by atoms with E-state index in [0.29, 0.717) is 17.5 Å². The van der Waals surface area contributed by atoms with Crippen molar-refractivity contribution in [1.29, 1.82) is 0 Å². The van der Waals surface area contributed by atoms with Gasteiger partial charge in [0.15, 0.2) is 0 Å². The van der Waals surface area contributed by atoms with E-state index in [1.54, 1.807) is 0 Å². The first-order valence-corrected chi connectivity index (χ1v) is 7.51. The summed E-state index contributed by atoms with van der Waals surface area (Å²) in [5.74, 6) is 0. The Morgan fingerprint density at radius 3 is 2.53 bits per heavy atom. The molecule has 0 saturated carbocycles. The maximum Gasteiger partial charge on any atom is 0.0449 e. The largest absolute Gasteiger partial charge is 0.309 e. The van der Waals surface area contributed by atoms with Gasteiger partial charge in [-0.25, -0.2) is 0 Å². The molecule has 106 valence electrons. The predicted molar refractivity (Wildman–Crippen MR) is 82.3 cm³/mol. The van der Waals surface area contributed by atoms with Gasteiger partial charge in [-0.05, 0) is 37.4 Å². The molecule has 0 radical (unpaired) electrons. The Bertz CT molecular complexity index is 380. The van der Waals surface area contributed by atoms with Crippen molar-refractivity contribution in [2.45, 2.75) is 46.2 Å². The number of nitrogens with one attached hydrogen (secondary N) is 1. The molecule has 2 heteroatoms. The van der Waals surface area contributed by atoms with Crippen LogP contribution < -0.4 is 5.32 Å². The second-order valence-electron chi connectivity index (χ2n) is 6.81. The summed E-state index contributed by atoms with van der Waals surface area (Å²) in [7, 11) is 0. The van der Waals surface area contributed by atoms with E-state index in [9.17, 15) is 0 Å². The van der Waals surface area contributed by atoms with Gasteiger partial charge in [0.05, 0.1) is 0 Å². The van der Waals surface area contributed by atoms with Gasteiger partial charge in [-0.3, -0.25) is 4.90 Å². The summed E-state index contributed by atoms with van der Waals surface area (Å²) in [6.07, 6.45) is 1.24. The van der Waals surface area contributed by atoms with Gasteiger partial charge >= 0.3 is 0 Å². The molecule has 0 aromatic heterocycles. The molecule has 0 bridgehead atoms. The molecule has 1 aromatic carbocycles. The summed E-state index contributed by atoms with van der Waals surface area (Å²) in [6.45, 7) is 12.8. The smallest absolute Gasteiger partial charge is 0.0449 e. The molecule has 1 fully saturated rings. The van der Waals surface area contributed by atoms with Crippen LogP contribution in [0, 0.1) is 5.41 Å². The average molecular weight is 260 g/mol. The molecule has 2 rings (SSSR count). The van der Waals surface area contributed by atoms with Crippen molar-refractivity contribution in [3.63, 3.8) is 0 Å². The lowest BCUT2D eigenvalue weighted by Crippen LogP contribution is -2.44. The van der Waals surface area contributed by atoms with Gasteiger partial charge in [0.1, 0.15) is 0 Å². The quantitative estimate of drug-likeness (QED) is 0.876.